The smallest absolute Gasteiger partial charge is 0.164 e. The molecule has 2 aliphatic rings. The van der Waals surface area contributed by atoms with Crippen molar-refractivity contribution in [3.05, 3.63) is 23.8 Å². The van der Waals surface area contributed by atoms with Crippen LogP contribution < -0.4 is 9.47 Å². The second-order valence-electron chi connectivity index (χ2n) is 5.69. The minimum absolute atomic E-state index is 0. The number of hydrogen-bond donors (Lipinski definition) is 0. The van der Waals surface area contributed by atoms with Crippen LogP contribution in [0, 0.1) is 0 Å². The average Bonchev–Trinajstić information content (AvgIpc) is 2.54. The Kier molecular flexibility index (Phi) is 7.15. The molecular formula is C17H24ClNO4. The molecule has 128 valence electrons. The van der Waals surface area contributed by atoms with E-state index in [0.717, 1.165) is 51.4 Å². The highest BCUT2D eigenvalue weighted by Gasteiger charge is 2.16. The van der Waals surface area contributed by atoms with Crippen molar-refractivity contribution in [1.29, 1.82) is 0 Å². The maximum atomic E-state index is 12.4. The van der Waals surface area contributed by atoms with Crippen molar-refractivity contribution >= 4 is 18.2 Å². The highest BCUT2D eigenvalue weighted by atomic mass is 35.5. The summed E-state index contributed by atoms with van der Waals surface area (Å²) in [4.78, 5) is 14.6. The van der Waals surface area contributed by atoms with Crippen LogP contribution in [0.4, 0.5) is 0 Å². The van der Waals surface area contributed by atoms with Crippen molar-refractivity contribution in [3.63, 3.8) is 0 Å². The monoisotopic (exact) mass is 341 g/mol. The van der Waals surface area contributed by atoms with Gasteiger partial charge in [-0.1, -0.05) is 0 Å². The molecule has 0 spiro atoms. The van der Waals surface area contributed by atoms with E-state index in [2.05, 4.69) is 4.90 Å². The molecule has 23 heavy (non-hydrogen) atoms. The Labute approximate surface area is 143 Å². The Morgan fingerprint density at radius 1 is 1.00 bits per heavy atom. The van der Waals surface area contributed by atoms with Gasteiger partial charge in [0.2, 0.25) is 0 Å². The summed E-state index contributed by atoms with van der Waals surface area (Å²) in [5, 5.41) is 0. The highest BCUT2D eigenvalue weighted by Crippen LogP contribution is 2.30. The molecule has 0 bridgehead atoms. The number of Topliss-reactive ketones (excluding diaryl/α,β-unsaturated/α-hetero) is 1. The summed E-state index contributed by atoms with van der Waals surface area (Å²) in [5.74, 6) is 1.58. The molecule has 2 heterocycles. The number of carbonyl (C=O) groups is 1. The molecule has 0 amide bonds. The zero-order valence-corrected chi connectivity index (χ0v) is 14.1. The van der Waals surface area contributed by atoms with Gasteiger partial charge in [-0.05, 0) is 31.0 Å². The van der Waals surface area contributed by atoms with Gasteiger partial charge in [0.15, 0.2) is 17.3 Å². The predicted molar refractivity (Wildman–Crippen MR) is 90.1 cm³/mol. The van der Waals surface area contributed by atoms with E-state index in [-0.39, 0.29) is 18.2 Å². The molecule has 0 aliphatic carbocycles. The molecule has 1 fully saturated rings. The number of fused-ring (bicyclic) bond motifs is 1. The molecule has 6 heteroatoms. The third-order valence-corrected chi connectivity index (χ3v) is 4.08. The first-order valence-corrected chi connectivity index (χ1v) is 8.06. The first kappa shape index (κ1) is 18.0. The maximum absolute atomic E-state index is 12.4. The number of carbonyl (C=O) groups excluding carboxylic acids is 1. The Morgan fingerprint density at radius 2 is 1.70 bits per heavy atom. The zero-order valence-electron chi connectivity index (χ0n) is 13.3. The van der Waals surface area contributed by atoms with Crippen LogP contribution in [0.15, 0.2) is 18.2 Å². The summed E-state index contributed by atoms with van der Waals surface area (Å²) in [6, 6.07) is 5.51. The lowest BCUT2D eigenvalue weighted by atomic mass is 10.1. The fraction of sp³-hybridized carbons (Fsp3) is 0.588. The van der Waals surface area contributed by atoms with Crippen LogP contribution in [-0.2, 0) is 4.74 Å². The summed E-state index contributed by atoms with van der Waals surface area (Å²) in [7, 11) is 0. The van der Waals surface area contributed by atoms with E-state index in [1.165, 1.54) is 0 Å². The van der Waals surface area contributed by atoms with E-state index in [1.807, 2.05) is 18.2 Å². The van der Waals surface area contributed by atoms with Crippen LogP contribution in [0.2, 0.25) is 0 Å². The number of halogens is 1. The van der Waals surface area contributed by atoms with Gasteiger partial charge in [-0.15, -0.1) is 12.4 Å². The lowest BCUT2D eigenvalue weighted by molar-refractivity contribution is 0.0370. The summed E-state index contributed by atoms with van der Waals surface area (Å²) < 4.78 is 16.7. The van der Waals surface area contributed by atoms with Crippen LogP contribution in [0.5, 0.6) is 11.5 Å². The van der Waals surface area contributed by atoms with Crippen LogP contribution >= 0.6 is 12.4 Å². The van der Waals surface area contributed by atoms with E-state index in [4.69, 9.17) is 14.2 Å². The molecule has 3 rings (SSSR count). The van der Waals surface area contributed by atoms with Gasteiger partial charge < -0.3 is 14.2 Å². The quantitative estimate of drug-likeness (QED) is 0.788. The number of nitrogens with zero attached hydrogens (tertiary/aromatic N) is 1. The summed E-state index contributed by atoms with van der Waals surface area (Å²) in [6.45, 7) is 5.53. The maximum Gasteiger partial charge on any atom is 0.164 e. The molecule has 0 atom stereocenters. The zero-order chi connectivity index (χ0) is 15.2. The van der Waals surface area contributed by atoms with Gasteiger partial charge in [0.1, 0.15) is 0 Å². The first-order valence-electron chi connectivity index (χ1n) is 8.06. The SMILES string of the molecule is Cl.O=C(CCN1CCOCC1)c1ccc2c(c1)OCCCCO2. The molecule has 0 saturated carbocycles. The van der Waals surface area contributed by atoms with Crippen molar-refractivity contribution in [2.24, 2.45) is 0 Å². The van der Waals surface area contributed by atoms with Crippen molar-refractivity contribution in [2.75, 3.05) is 46.1 Å². The Hall–Kier alpha value is -1.30. The van der Waals surface area contributed by atoms with E-state index in [9.17, 15) is 4.79 Å². The minimum Gasteiger partial charge on any atom is -0.490 e. The highest BCUT2D eigenvalue weighted by molar-refractivity contribution is 5.96. The summed E-state index contributed by atoms with van der Waals surface area (Å²) >= 11 is 0. The van der Waals surface area contributed by atoms with Gasteiger partial charge in [0.25, 0.3) is 0 Å². The van der Waals surface area contributed by atoms with Gasteiger partial charge in [0.05, 0.1) is 26.4 Å². The Morgan fingerprint density at radius 3 is 2.43 bits per heavy atom. The molecule has 0 N–H and O–H groups in total. The Balaban J connectivity index is 0.00000192. The van der Waals surface area contributed by atoms with Crippen molar-refractivity contribution in [1.82, 2.24) is 4.90 Å². The molecule has 2 aliphatic heterocycles. The van der Waals surface area contributed by atoms with Crippen LogP contribution in [0.25, 0.3) is 0 Å². The fourth-order valence-electron chi connectivity index (χ4n) is 2.71. The standard InChI is InChI=1S/C17H23NO4.ClH/c19-15(5-6-18-7-11-20-12-8-18)14-3-4-16-17(13-14)22-10-2-1-9-21-16;/h3-4,13H,1-2,5-12H2;1H. The molecular weight excluding hydrogens is 318 g/mol. The van der Waals surface area contributed by atoms with Crippen LogP contribution in [-0.4, -0.2) is 56.7 Å². The van der Waals surface area contributed by atoms with Gasteiger partial charge in [0, 0.05) is 31.6 Å². The number of ketones is 1. The number of ether oxygens (including phenoxy) is 3. The first-order chi connectivity index (χ1) is 10.8. The number of morpholine rings is 1. The van der Waals surface area contributed by atoms with Gasteiger partial charge in [-0.25, -0.2) is 0 Å². The molecule has 1 aromatic carbocycles. The van der Waals surface area contributed by atoms with E-state index in [1.54, 1.807) is 0 Å². The fourth-order valence-corrected chi connectivity index (χ4v) is 2.71. The largest absolute Gasteiger partial charge is 0.490 e. The van der Waals surface area contributed by atoms with Gasteiger partial charge >= 0.3 is 0 Å². The summed E-state index contributed by atoms with van der Waals surface area (Å²) in [6.07, 6.45) is 2.51. The third kappa shape index (κ3) is 5.09. The summed E-state index contributed by atoms with van der Waals surface area (Å²) in [5.41, 5.74) is 0.705. The molecule has 0 radical (unpaired) electrons. The second-order valence-corrected chi connectivity index (χ2v) is 5.69. The molecule has 0 aromatic heterocycles. The molecule has 5 nitrogen and oxygen atoms in total. The molecule has 0 unspecified atom stereocenters. The molecule has 1 aromatic rings. The number of rotatable bonds is 4. The van der Waals surface area contributed by atoms with Gasteiger partial charge in [-0.3, -0.25) is 9.69 Å². The van der Waals surface area contributed by atoms with Crippen molar-refractivity contribution < 1.29 is 19.0 Å². The average molecular weight is 342 g/mol. The third-order valence-electron chi connectivity index (χ3n) is 4.08. The van der Waals surface area contributed by atoms with E-state index < -0.39 is 0 Å². The van der Waals surface area contributed by atoms with E-state index in [0.29, 0.717) is 30.9 Å². The van der Waals surface area contributed by atoms with E-state index >= 15 is 0 Å². The predicted octanol–water partition coefficient (Wildman–Crippen LogP) is 2.56. The van der Waals surface area contributed by atoms with Gasteiger partial charge in [-0.2, -0.15) is 0 Å². The number of benzene rings is 1. The second kappa shape index (κ2) is 9.11. The lowest BCUT2D eigenvalue weighted by Crippen LogP contribution is -2.37. The normalized spacial score (nSPS) is 18.4. The molecule has 1 saturated heterocycles. The minimum atomic E-state index is 0. The lowest BCUT2D eigenvalue weighted by Gasteiger charge is -2.26. The van der Waals surface area contributed by atoms with Crippen molar-refractivity contribution in [3.8, 4) is 11.5 Å². The van der Waals surface area contributed by atoms with Crippen LogP contribution in [0.3, 0.4) is 0 Å². The Bertz CT molecular complexity index is 517. The van der Waals surface area contributed by atoms with Crippen LogP contribution in [0.1, 0.15) is 29.6 Å². The van der Waals surface area contributed by atoms with Crippen molar-refractivity contribution in [2.45, 2.75) is 19.3 Å². The number of hydrogen-bond acceptors (Lipinski definition) is 5. The topological polar surface area (TPSA) is 48.0 Å².